The molecule has 0 atom stereocenters. The molecular formula is C20H16BrN3O. The summed E-state index contributed by atoms with van der Waals surface area (Å²) in [6.07, 6.45) is 1.66. The van der Waals surface area contributed by atoms with Crippen molar-refractivity contribution in [1.82, 2.24) is 4.57 Å². The van der Waals surface area contributed by atoms with Crippen LogP contribution in [-0.2, 0) is 11.8 Å². The Morgan fingerprint density at radius 1 is 1.24 bits per heavy atom. The third-order valence-electron chi connectivity index (χ3n) is 4.18. The average molecular weight is 394 g/mol. The Hall–Kier alpha value is -2.84. The number of aryl methyl sites for hydroxylation is 1. The molecule has 0 aliphatic rings. The van der Waals surface area contributed by atoms with Gasteiger partial charge in [-0.05, 0) is 37.3 Å². The number of hydrogen-bond donors (Lipinski definition) is 1. The van der Waals surface area contributed by atoms with Crippen LogP contribution in [0.4, 0.5) is 5.69 Å². The number of aromatic nitrogens is 1. The number of carbonyl (C=O) groups is 1. The van der Waals surface area contributed by atoms with E-state index in [9.17, 15) is 10.1 Å². The molecule has 4 nitrogen and oxygen atoms in total. The summed E-state index contributed by atoms with van der Waals surface area (Å²) in [6, 6.07) is 17.2. The second-order valence-corrected chi connectivity index (χ2v) is 6.63. The number of halogens is 1. The Bertz CT molecular complexity index is 1040. The number of benzene rings is 2. The van der Waals surface area contributed by atoms with Crippen molar-refractivity contribution in [2.24, 2.45) is 7.05 Å². The van der Waals surface area contributed by atoms with E-state index in [2.05, 4.69) is 25.8 Å². The zero-order valence-electron chi connectivity index (χ0n) is 13.9. The molecule has 0 saturated carbocycles. The lowest BCUT2D eigenvalue weighted by molar-refractivity contribution is -0.112. The molecule has 0 unspecified atom stereocenters. The molecule has 0 aliphatic heterocycles. The van der Waals surface area contributed by atoms with Gasteiger partial charge in [0.25, 0.3) is 5.91 Å². The van der Waals surface area contributed by atoms with Crippen molar-refractivity contribution in [3.8, 4) is 6.07 Å². The predicted octanol–water partition coefficient (Wildman–Crippen LogP) is 4.79. The minimum absolute atomic E-state index is 0.0689. The Kier molecular flexibility index (Phi) is 4.73. The summed E-state index contributed by atoms with van der Waals surface area (Å²) in [4.78, 5) is 12.5. The molecule has 1 aromatic heterocycles. The third-order valence-corrected chi connectivity index (χ3v) is 4.68. The van der Waals surface area contributed by atoms with E-state index in [-0.39, 0.29) is 5.57 Å². The van der Waals surface area contributed by atoms with Gasteiger partial charge in [0.1, 0.15) is 11.6 Å². The summed E-state index contributed by atoms with van der Waals surface area (Å²) >= 11 is 3.37. The molecule has 0 aliphatic carbocycles. The number of para-hydroxylation sites is 1. The first kappa shape index (κ1) is 17.0. The minimum Gasteiger partial charge on any atom is -0.347 e. The van der Waals surface area contributed by atoms with Gasteiger partial charge in [-0.3, -0.25) is 4.79 Å². The molecule has 1 heterocycles. The Morgan fingerprint density at radius 3 is 2.72 bits per heavy atom. The summed E-state index contributed by atoms with van der Waals surface area (Å²) in [6.45, 7) is 1.98. The van der Waals surface area contributed by atoms with Crippen LogP contribution in [0.15, 0.2) is 58.6 Å². The normalized spacial score (nSPS) is 11.4. The number of nitriles is 1. The van der Waals surface area contributed by atoms with Crippen LogP contribution in [0, 0.1) is 18.3 Å². The van der Waals surface area contributed by atoms with E-state index in [1.54, 1.807) is 18.2 Å². The average Bonchev–Trinajstić information content (AvgIpc) is 2.84. The molecule has 2 aromatic carbocycles. The maximum atomic E-state index is 12.5. The van der Waals surface area contributed by atoms with Gasteiger partial charge in [-0.2, -0.15) is 5.26 Å². The lowest BCUT2D eigenvalue weighted by Crippen LogP contribution is -2.13. The fraction of sp³-hybridized carbons (Fsp3) is 0.100. The van der Waals surface area contributed by atoms with Crippen LogP contribution in [0.5, 0.6) is 0 Å². The molecule has 0 bridgehead atoms. The molecule has 3 rings (SSSR count). The van der Waals surface area contributed by atoms with Gasteiger partial charge >= 0.3 is 0 Å². The number of anilines is 1. The molecule has 1 N–H and O–H groups in total. The number of hydrogen-bond acceptors (Lipinski definition) is 2. The van der Waals surface area contributed by atoms with E-state index in [0.717, 1.165) is 26.6 Å². The van der Waals surface area contributed by atoms with E-state index in [4.69, 9.17) is 0 Å². The van der Waals surface area contributed by atoms with E-state index in [1.165, 1.54) is 0 Å². The quantitative estimate of drug-likeness (QED) is 0.513. The fourth-order valence-corrected chi connectivity index (χ4v) is 3.19. The highest BCUT2D eigenvalue weighted by molar-refractivity contribution is 9.10. The fourth-order valence-electron chi connectivity index (χ4n) is 2.79. The molecule has 0 fully saturated rings. The first-order valence-corrected chi connectivity index (χ1v) is 8.53. The Morgan fingerprint density at radius 2 is 2.00 bits per heavy atom. The SMILES string of the molecule is Cc1c(/C=C(/C#N)C(=O)Nc2cccc(Br)c2)c2ccccc2n1C. The first-order valence-electron chi connectivity index (χ1n) is 7.74. The zero-order chi connectivity index (χ0) is 18.0. The summed E-state index contributed by atoms with van der Waals surface area (Å²) in [5, 5.41) is 13.2. The monoisotopic (exact) mass is 393 g/mol. The van der Waals surface area contributed by atoms with Crippen molar-refractivity contribution in [3.05, 3.63) is 69.8 Å². The van der Waals surface area contributed by atoms with Crippen molar-refractivity contribution >= 4 is 44.5 Å². The van der Waals surface area contributed by atoms with Crippen molar-refractivity contribution in [1.29, 1.82) is 5.26 Å². The van der Waals surface area contributed by atoms with Crippen molar-refractivity contribution < 1.29 is 4.79 Å². The number of carbonyl (C=O) groups excluding carboxylic acids is 1. The van der Waals surface area contributed by atoms with Gasteiger partial charge in [0, 0.05) is 39.4 Å². The summed E-state index contributed by atoms with van der Waals surface area (Å²) in [5.41, 5.74) is 3.66. The van der Waals surface area contributed by atoms with Crippen molar-refractivity contribution in [2.45, 2.75) is 6.92 Å². The molecular weight excluding hydrogens is 378 g/mol. The Balaban J connectivity index is 2.00. The molecule has 5 heteroatoms. The van der Waals surface area contributed by atoms with Crippen LogP contribution in [-0.4, -0.2) is 10.5 Å². The van der Waals surface area contributed by atoms with Crippen LogP contribution in [0.3, 0.4) is 0 Å². The first-order chi connectivity index (χ1) is 12.0. The number of rotatable bonds is 3. The van der Waals surface area contributed by atoms with Crippen LogP contribution in [0.2, 0.25) is 0 Å². The number of nitrogens with one attached hydrogen (secondary N) is 1. The molecule has 3 aromatic rings. The smallest absolute Gasteiger partial charge is 0.266 e. The minimum atomic E-state index is -0.423. The summed E-state index contributed by atoms with van der Waals surface area (Å²) in [7, 11) is 1.97. The highest BCUT2D eigenvalue weighted by Crippen LogP contribution is 2.27. The zero-order valence-corrected chi connectivity index (χ0v) is 15.5. The second kappa shape index (κ2) is 6.96. The van der Waals surface area contributed by atoms with Crippen LogP contribution in [0.1, 0.15) is 11.3 Å². The number of amides is 1. The molecule has 0 radical (unpaired) electrons. The summed E-state index contributed by atoms with van der Waals surface area (Å²) < 4.78 is 2.92. The molecule has 25 heavy (non-hydrogen) atoms. The van der Waals surface area contributed by atoms with E-state index in [0.29, 0.717) is 5.69 Å². The van der Waals surface area contributed by atoms with Gasteiger partial charge in [0.05, 0.1) is 0 Å². The van der Waals surface area contributed by atoms with Gasteiger partial charge in [-0.1, -0.05) is 40.2 Å². The molecule has 0 spiro atoms. The lowest BCUT2D eigenvalue weighted by Gasteiger charge is -2.05. The third kappa shape index (κ3) is 3.35. The van der Waals surface area contributed by atoms with Gasteiger partial charge in [0.15, 0.2) is 0 Å². The van der Waals surface area contributed by atoms with Crippen LogP contribution >= 0.6 is 15.9 Å². The molecule has 0 saturated heterocycles. The largest absolute Gasteiger partial charge is 0.347 e. The van der Waals surface area contributed by atoms with Gasteiger partial charge in [-0.15, -0.1) is 0 Å². The standard InChI is InChI=1S/C20H16BrN3O/c1-13-18(17-8-3-4-9-19(17)24(13)2)10-14(12-22)20(25)23-16-7-5-6-15(21)11-16/h3-11H,1-2H3,(H,23,25)/b14-10-. The predicted molar refractivity (Wildman–Crippen MR) is 104 cm³/mol. The molecule has 1 amide bonds. The van der Waals surface area contributed by atoms with Crippen molar-refractivity contribution in [2.75, 3.05) is 5.32 Å². The van der Waals surface area contributed by atoms with E-state index in [1.807, 2.05) is 56.4 Å². The van der Waals surface area contributed by atoms with Crippen molar-refractivity contribution in [3.63, 3.8) is 0 Å². The van der Waals surface area contributed by atoms with E-state index < -0.39 is 5.91 Å². The second-order valence-electron chi connectivity index (χ2n) is 5.71. The highest BCUT2D eigenvalue weighted by Gasteiger charge is 2.14. The number of fused-ring (bicyclic) bond motifs is 1. The topological polar surface area (TPSA) is 57.8 Å². The maximum absolute atomic E-state index is 12.5. The van der Waals surface area contributed by atoms with Gasteiger partial charge in [0.2, 0.25) is 0 Å². The van der Waals surface area contributed by atoms with Crippen LogP contribution < -0.4 is 5.32 Å². The number of nitrogens with zero attached hydrogens (tertiary/aromatic N) is 2. The lowest BCUT2D eigenvalue weighted by atomic mass is 10.1. The Labute approximate surface area is 154 Å². The maximum Gasteiger partial charge on any atom is 0.266 e. The molecule has 124 valence electrons. The van der Waals surface area contributed by atoms with E-state index >= 15 is 0 Å². The summed E-state index contributed by atoms with van der Waals surface area (Å²) in [5.74, 6) is -0.423. The van der Waals surface area contributed by atoms with Gasteiger partial charge < -0.3 is 9.88 Å². The van der Waals surface area contributed by atoms with Gasteiger partial charge in [-0.25, -0.2) is 0 Å². The highest BCUT2D eigenvalue weighted by atomic mass is 79.9. The van der Waals surface area contributed by atoms with Crippen LogP contribution in [0.25, 0.3) is 17.0 Å².